The molecule has 21 heavy (non-hydrogen) atoms. The van der Waals surface area contributed by atoms with E-state index in [9.17, 15) is 14.7 Å². The highest BCUT2D eigenvalue weighted by Crippen LogP contribution is 2.30. The third-order valence-corrected chi connectivity index (χ3v) is 3.41. The number of hydrogen-bond acceptors (Lipinski definition) is 7. The van der Waals surface area contributed by atoms with Crippen molar-refractivity contribution in [2.24, 2.45) is 9.98 Å². The molecule has 120 valence electrons. The number of carbonyl (C=O) groups excluding carboxylic acids is 2. The van der Waals surface area contributed by atoms with Crippen LogP contribution in [0.5, 0.6) is 0 Å². The first kappa shape index (κ1) is 19.6. The van der Waals surface area contributed by atoms with Crippen molar-refractivity contribution < 1.29 is 24.9 Å². The summed E-state index contributed by atoms with van der Waals surface area (Å²) in [5.41, 5.74) is -0.286. The third kappa shape index (κ3) is 8.50. The summed E-state index contributed by atoms with van der Waals surface area (Å²) >= 11 is 0. The van der Waals surface area contributed by atoms with Crippen LogP contribution in [-0.2, 0) is 9.59 Å². The molecule has 1 aliphatic carbocycles. The summed E-state index contributed by atoms with van der Waals surface area (Å²) < 4.78 is 0. The molecule has 0 spiro atoms. The van der Waals surface area contributed by atoms with E-state index in [1.807, 2.05) is 0 Å². The van der Waals surface area contributed by atoms with Gasteiger partial charge in [0.15, 0.2) is 0 Å². The van der Waals surface area contributed by atoms with E-state index in [4.69, 9.17) is 10.2 Å². The number of aliphatic hydroxyl groups excluding tert-OH is 1. The van der Waals surface area contributed by atoms with Crippen molar-refractivity contribution in [1.29, 1.82) is 0 Å². The molecule has 0 atom stereocenters. The van der Waals surface area contributed by atoms with E-state index >= 15 is 0 Å². The molecule has 1 aliphatic rings. The zero-order valence-corrected chi connectivity index (χ0v) is 12.4. The van der Waals surface area contributed by atoms with Crippen LogP contribution in [0.2, 0.25) is 0 Å². The highest BCUT2D eigenvalue weighted by atomic mass is 16.4. The van der Waals surface area contributed by atoms with E-state index in [1.54, 1.807) is 0 Å². The van der Waals surface area contributed by atoms with Gasteiger partial charge in [-0.05, 0) is 19.3 Å². The van der Waals surface area contributed by atoms with Gasteiger partial charge in [0.1, 0.15) is 6.61 Å². The molecule has 7 heteroatoms. The second kappa shape index (κ2) is 10.4. The minimum atomic E-state index is -2.40. The lowest BCUT2D eigenvalue weighted by atomic mass is 9.90. The Balaban J connectivity index is 0.000000384. The molecular weight excluding hydrogens is 276 g/mol. The number of aliphatic imine (C=N–C) groups is 2. The smallest absolute Gasteiger partial charge is 0.299 e. The van der Waals surface area contributed by atoms with E-state index in [1.165, 1.54) is 25.7 Å². The van der Waals surface area contributed by atoms with E-state index in [0.717, 1.165) is 37.8 Å². The Kier molecular flexibility index (Phi) is 9.71. The molecule has 0 radical (unpaired) electrons. The van der Waals surface area contributed by atoms with E-state index in [-0.39, 0.29) is 5.60 Å². The lowest BCUT2D eigenvalue weighted by Crippen LogP contribution is -2.27. The molecule has 0 heterocycles. The first-order valence-corrected chi connectivity index (χ1v) is 7.19. The van der Waals surface area contributed by atoms with Crippen LogP contribution in [0.25, 0.3) is 0 Å². The summed E-state index contributed by atoms with van der Waals surface area (Å²) in [5.74, 6) is -2.40. The van der Waals surface area contributed by atoms with Crippen molar-refractivity contribution in [2.45, 2.75) is 69.7 Å². The number of isocyanates is 2. The predicted molar refractivity (Wildman–Crippen MR) is 75.8 cm³/mol. The van der Waals surface area contributed by atoms with Gasteiger partial charge < -0.3 is 15.3 Å². The summed E-state index contributed by atoms with van der Waals surface area (Å²) in [5, 5.41) is 27.0. The zero-order chi connectivity index (χ0) is 16.2. The van der Waals surface area contributed by atoms with E-state index in [2.05, 4.69) is 16.9 Å². The van der Waals surface area contributed by atoms with Gasteiger partial charge >= 0.3 is 0 Å². The second-order valence-corrected chi connectivity index (χ2v) is 5.23. The average Bonchev–Trinajstić information content (AvgIpc) is 2.65. The normalized spacial score (nSPS) is 19.6. The van der Waals surface area contributed by atoms with Gasteiger partial charge in [-0.2, -0.15) is 0 Å². The topological polar surface area (TPSA) is 120 Å². The third-order valence-electron chi connectivity index (χ3n) is 3.41. The fourth-order valence-electron chi connectivity index (χ4n) is 2.34. The maximum absolute atomic E-state index is 10.1. The average molecular weight is 300 g/mol. The SMILES string of the molecule is CCCC1(O)CCCCCC1.O=C=NC(O)(CO)N=C=O. The van der Waals surface area contributed by atoms with Gasteiger partial charge in [-0.15, -0.1) is 9.98 Å². The molecule has 7 nitrogen and oxygen atoms in total. The molecule has 0 saturated heterocycles. The number of hydrogen-bond donors (Lipinski definition) is 3. The van der Waals surface area contributed by atoms with Crippen molar-refractivity contribution in [1.82, 2.24) is 0 Å². The molecule has 0 aromatic heterocycles. The number of aliphatic hydroxyl groups is 3. The lowest BCUT2D eigenvalue weighted by molar-refractivity contribution is 0.00143. The number of rotatable bonds is 5. The summed E-state index contributed by atoms with van der Waals surface area (Å²) in [4.78, 5) is 24.3. The van der Waals surface area contributed by atoms with E-state index < -0.39 is 12.5 Å². The monoisotopic (exact) mass is 300 g/mol. The Morgan fingerprint density at radius 2 is 1.57 bits per heavy atom. The predicted octanol–water partition coefficient (Wildman–Crippen LogP) is 1.17. The minimum Gasteiger partial charge on any atom is -0.390 e. The summed E-state index contributed by atoms with van der Waals surface area (Å²) in [7, 11) is 0. The summed E-state index contributed by atoms with van der Waals surface area (Å²) in [6, 6.07) is 0. The van der Waals surface area contributed by atoms with Gasteiger partial charge in [-0.25, -0.2) is 9.59 Å². The van der Waals surface area contributed by atoms with Crippen LogP contribution in [0, 0.1) is 0 Å². The Bertz CT molecular complexity index is 361. The zero-order valence-electron chi connectivity index (χ0n) is 12.4. The van der Waals surface area contributed by atoms with Gasteiger partial charge in [0.05, 0.1) is 5.60 Å². The highest BCUT2D eigenvalue weighted by molar-refractivity contribution is 5.37. The molecule has 0 aromatic rings. The lowest BCUT2D eigenvalue weighted by Gasteiger charge is -2.25. The van der Waals surface area contributed by atoms with Crippen LogP contribution in [0.4, 0.5) is 0 Å². The summed E-state index contributed by atoms with van der Waals surface area (Å²) in [6.45, 7) is 1.19. The first-order chi connectivity index (χ1) is 9.95. The van der Waals surface area contributed by atoms with Crippen molar-refractivity contribution in [3.63, 3.8) is 0 Å². The van der Waals surface area contributed by atoms with Gasteiger partial charge in [0.25, 0.3) is 5.85 Å². The van der Waals surface area contributed by atoms with E-state index in [0.29, 0.717) is 0 Å². The van der Waals surface area contributed by atoms with Crippen molar-refractivity contribution in [3.05, 3.63) is 0 Å². The molecule has 1 fully saturated rings. The minimum absolute atomic E-state index is 0.286. The Labute approximate surface area is 124 Å². The van der Waals surface area contributed by atoms with Gasteiger partial charge in [-0.3, -0.25) is 0 Å². The maximum Gasteiger partial charge on any atom is 0.299 e. The molecule has 1 rings (SSSR count). The van der Waals surface area contributed by atoms with Crippen LogP contribution in [0.15, 0.2) is 9.98 Å². The Hall–Kier alpha value is -1.36. The van der Waals surface area contributed by atoms with Gasteiger partial charge in [0, 0.05) is 0 Å². The molecular formula is C14H24N2O5. The van der Waals surface area contributed by atoms with Crippen molar-refractivity contribution >= 4 is 12.2 Å². The maximum atomic E-state index is 10.1. The molecule has 0 amide bonds. The molecule has 0 aromatic carbocycles. The Morgan fingerprint density at radius 3 is 1.90 bits per heavy atom. The molecule has 0 aliphatic heterocycles. The van der Waals surface area contributed by atoms with Crippen LogP contribution in [-0.4, -0.2) is 45.5 Å². The first-order valence-electron chi connectivity index (χ1n) is 7.19. The highest BCUT2D eigenvalue weighted by Gasteiger charge is 2.26. The van der Waals surface area contributed by atoms with Crippen LogP contribution in [0.1, 0.15) is 58.3 Å². The molecule has 0 unspecified atom stereocenters. The standard InChI is InChI=1S/C10H20O.C4H4N2O4/c1-2-7-10(11)8-5-3-4-6-9-10;7-1-4(10,5-2-8)6-3-9/h11H,2-9H2,1H3;7,10H,1H2. The quantitative estimate of drug-likeness (QED) is 0.400. The molecule has 1 saturated carbocycles. The van der Waals surface area contributed by atoms with Crippen molar-refractivity contribution in [3.8, 4) is 0 Å². The second-order valence-electron chi connectivity index (χ2n) is 5.23. The summed E-state index contributed by atoms with van der Waals surface area (Å²) in [6.07, 6.45) is 11.2. The molecule has 3 N–H and O–H groups in total. The van der Waals surface area contributed by atoms with Crippen LogP contribution < -0.4 is 0 Å². The van der Waals surface area contributed by atoms with Crippen LogP contribution in [0.3, 0.4) is 0 Å². The van der Waals surface area contributed by atoms with Crippen LogP contribution >= 0.6 is 0 Å². The van der Waals surface area contributed by atoms with Gasteiger partial charge in [0.2, 0.25) is 12.2 Å². The number of nitrogens with zero attached hydrogens (tertiary/aromatic N) is 2. The van der Waals surface area contributed by atoms with Crippen molar-refractivity contribution in [2.75, 3.05) is 6.61 Å². The van der Waals surface area contributed by atoms with Gasteiger partial charge in [-0.1, -0.05) is 39.0 Å². The largest absolute Gasteiger partial charge is 0.390 e. The molecule has 0 bridgehead atoms. The Morgan fingerprint density at radius 1 is 1.10 bits per heavy atom. The fourth-order valence-corrected chi connectivity index (χ4v) is 2.34. The fraction of sp³-hybridized carbons (Fsp3) is 0.857.